The number of benzene rings is 1. The summed E-state index contributed by atoms with van der Waals surface area (Å²) in [5.41, 5.74) is 2.53. The van der Waals surface area contributed by atoms with Gasteiger partial charge in [-0.2, -0.15) is 0 Å². The van der Waals surface area contributed by atoms with Gasteiger partial charge in [0.25, 0.3) is 0 Å². The number of nitrogens with one attached hydrogen (secondary N) is 1. The van der Waals surface area contributed by atoms with E-state index in [1.165, 1.54) is 0 Å². The second-order valence-electron chi connectivity index (χ2n) is 3.45. The fraction of sp³-hybridized carbons (Fsp3) is 0.455. The molecule has 1 atom stereocenters. The van der Waals surface area contributed by atoms with E-state index in [-0.39, 0.29) is 12.2 Å². The zero-order valence-corrected chi connectivity index (χ0v) is 9.58. The molecule has 6 heteroatoms. The smallest absolute Gasteiger partial charge is 0.128 e. The first-order valence-electron chi connectivity index (χ1n) is 5.16. The molecule has 0 spiro atoms. The zero-order valence-electron chi connectivity index (χ0n) is 9.58. The van der Waals surface area contributed by atoms with E-state index in [1.54, 1.807) is 7.11 Å². The van der Waals surface area contributed by atoms with Gasteiger partial charge in [-0.1, -0.05) is 0 Å². The third-order valence-corrected chi connectivity index (χ3v) is 2.25. The summed E-state index contributed by atoms with van der Waals surface area (Å²) in [5.74, 6) is 4.25. The minimum atomic E-state index is -0.595. The van der Waals surface area contributed by atoms with Gasteiger partial charge in [-0.15, -0.1) is 0 Å². The lowest BCUT2D eigenvalue weighted by molar-refractivity contribution is 0.0580. The SMILES string of the molecule is COCCOCC(NN)c1cc(F)ccc1F. The number of hydrogen-bond donors (Lipinski definition) is 2. The molecule has 96 valence electrons. The van der Waals surface area contributed by atoms with Gasteiger partial charge in [-0.05, 0) is 18.2 Å². The van der Waals surface area contributed by atoms with Gasteiger partial charge in [0, 0.05) is 12.7 Å². The molecule has 17 heavy (non-hydrogen) atoms. The van der Waals surface area contributed by atoms with E-state index in [0.717, 1.165) is 18.2 Å². The van der Waals surface area contributed by atoms with Crippen LogP contribution in [0.1, 0.15) is 11.6 Å². The number of methoxy groups -OCH3 is 1. The number of nitrogens with two attached hydrogens (primary N) is 1. The molecule has 0 aliphatic carbocycles. The molecule has 0 aromatic heterocycles. The highest BCUT2D eigenvalue weighted by atomic mass is 19.1. The van der Waals surface area contributed by atoms with Crippen molar-refractivity contribution in [1.82, 2.24) is 5.43 Å². The molecule has 4 nitrogen and oxygen atoms in total. The Bertz CT molecular complexity index is 350. The van der Waals surface area contributed by atoms with Crippen LogP contribution in [0, 0.1) is 11.6 Å². The lowest BCUT2D eigenvalue weighted by Gasteiger charge is -2.17. The summed E-state index contributed by atoms with van der Waals surface area (Å²) in [6.07, 6.45) is 0. The lowest BCUT2D eigenvalue weighted by atomic mass is 10.1. The maximum absolute atomic E-state index is 13.4. The van der Waals surface area contributed by atoms with Crippen LogP contribution >= 0.6 is 0 Å². The van der Waals surface area contributed by atoms with Crippen LogP contribution < -0.4 is 11.3 Å². The quantitative estimate of drug-likeness (QED) is 0.430. The molecule has 0 bridgehead atoms. The Balaban J connectivity index is 2.62. The number of halogens is 2. The highest BCUT2D eigenvalue weighted by molar-refractivity contribution is 5.22. The normalized spacial score (nSPS) is 12.7. The van der Waals surface area contributed by atoms with E-state index in [0.29, 0.717) is 13.2 Å². The van der Waals surface area contributed by atoms with Crippen LogP contribution in [0.3, 0.4) is 0 Å². The average molecular weight is 246 g/mol. The van der Waals surface area contributed by atoms with Crippen molar-refractivity contribution in [3.63, 3.8) is 0 Å². The Labute approximate surface area is 98.7 Å². The third kappa shape index (κ3) is 4.35. The van der Waals surface area contributed by atoms with Crippen molar-refractivity contribution in [1.29, 1.82) is 0 Å². The van der Waals surface area contributed by atoms with E-state index in [9.17, 15) is 8.78 Å². The van der Waals surface area contributed by atoms with E-state index in [4.69, 9.17) is 15.3 Å². The summed E-state index contributed by atoms with van der Waals surface area (Å²) in [4.78, 5) is 0. The molecule has 3 N–H and O–H groups in total. The van der Waals surface area contributed by atoms with E-state index in [2.05, 4.69) is 5.43 Å². The van der Waals surface area contributed by atoms with Crippen LogP contribution in [0.25, 0.3) is 0 Å². The molecule has 0 radical (unpaired) electrons. The molecule has 0 aliphatic heterocycles. The molecule has 0 saturated heterocycles. The summed E-state index contributed by atoms with van der Waals surface area (Å²) in [7, 11) is 1.55. The summed E-state index contributed by atoms with van der Waals surface area (Å²) in [6.45, 7) is 0.939. The summed E-state index contributed by atoms with van der Waals surface area (Å²) in [5, 5.41) is 0. The van der Waals surface area contributed by atoms with Crippen LogP contribution in [0.5, 0.6) is 0 Å². The van der Waals surface area contributed by atoms with Crippen molar-refractivity contribution in [2.24, 2.45) is 5.84 Å². The first-order valence-corrected chi connectivity index (χ1v) is 5.16. The summed E-state index contributed by atoms with van der Waals surface area (Å²) < 4.78 is 36.4. The first-order chi connectivity index (χ1) is 8.19. The van der Waals surface area contributed by atoms with E-state index >= 15 is 0 Å². The van der Waals surface area contributed by atoms with Crippen molar-refractivity contribution >= 4 is 0 Å². The fourth-order valence-electron chi connectivity index (χ4n) is 1.35. The molecule has 1 rings (SSSR count). The molecule has 0 heterocycles. The summed E-state index contributed by atoms with van der Waals surface area (Å²) in [6, 6.07) is 2.62. The molecule has 1 aromatic rings. The van der Waals surface area contributed by atoms with Gasteiger partial charge in [0.05, 0.1) is 25.9 Å². The van der Waals surface area contributed by atoms with Crippen LogP contribution in [0.2, 0.25) is 0 Å². The Hall–Kier alpha value is -1.08. The van der Waals surface area contributed by atoms with Gasteiger partial charge < -0.3 is 9.47 Å². The number of hydrogen-bond acceptors (Lipinski definition) is 4. The Morgan fingerprint density at radius 3 is 2.76 bits per heavy atom. The molecule has 0 fully saturated rings. The maximum Gasteiger partial charge on any atom is 0.128 e. The number of ether oxygens (including phenoxy) is 2. The van der Waals surface area contributed by atoms with E-state index in [1.807, 2.05) is 0 Å². The summed E-state index contributed by atoms with van der Waals surface area (Å²) >= 11 is 0. The third-order valence-electron chi connectivity index (χ3n) is 2.25. The highest BCUT2D eigenvalue weighted by Gasteiger charge is 2.15. The van der Waals surface area contributed by atoms with Crippen molar-refractivity contribution in [3.05, 3.63) is 35.4 Å². The van der Waals surface area contributed by atoms with Gasteiger partial charge in [0.15, 0.2) is 0 Å². The van der Waals surface area contributed by atoms with Gasteiger partial charge >= 0.3 is 0 Å². The second-order valence-corrected chi connectivity index (χ2v) is 3.45. The molecule has 0 saturated carbocycles. The zero-order chi connectivity index (χ0) is 12.7. The predicted octanol–water partition coefficient (Wildman–Crippen LogP) is 1.13. The van der Waals surface area contributed by atoms with Gasteiger partial charge in [-0.3, -0.25) is 11.3 Å². The van der Waals surface area contributed by atoms with Crippen molar-refractivity contribution in [3.8, 4) is 0 Å². The first kappa shape index (κ1) is 14.0. The number of hydrazine groups is 1. The maximum atomic E-state index is 13.4. The molecular formula is C11H16F2N2O2. The highest BCUT2D eigenvalue weighted by Crippen LogP contribution is 2.18. The fourth-order valence-corrected chi connectivity index (χ4v) is 1.35. The molecule has 0 aliphatic rings. The van der Waals surface area contributed by atoms with Gasteiger partial charge in [0.1, 0.15) is 11.6 Å². The monoisotopic (exact) mass is 246 g/mol. The van der Waals surface area contributed by atoms with Crippen LogP contribution in [-0.4, -0.2) is 26.9 Å². The van der Waals surface area contributed by atoms with Crippen LogP contribution in [-0.2, 0) is 9.47 Å². The van der Waals surface area contributed by atoms with Crippen molar-refractivity contribution in [2.75, 3.05) is 26.9 Å². The molecule has 1 unspecified atom stereocenters. The molecular weight excluding hydrogens is 230 g/mol. The Kier molecular flexibility index (Phi) is 5.99. The predicted molar refractivity (Wildman–Crippen MR) is 59.1 cm³/mol. The van der Waals surface area contributed by atoms with Crippen LogP contribution in [0.4, 0.5) is 8.78 Å². The van der Waals surface area contributed by atoms with Crippen molar-refractivity contribution in [2.45, 2.75) is 6.04 Å². The average Bonchev–Trinajstić information content (AvgIpc) is 2.33. The van der Waals surface area contributed by atoms with Crippen molar-refractivity contribution < 1.29 is 18.3 Å². The van der Waals surface area contributed by atoms with Crippen LogP contribution in [0.15, 0.2) is 18.2 Å². The minimum Gasteiger partial charge on any atom is -0.382 e. The minimum absolute atomic E-state index is 0.139. The standard InChI is InChI=1S/C11H16F2N2O2/c1-16-4-5-17-7-11(15-14)9-6-8(12)2-3-10(9)13/h2-3,6,11,15H,4-5,7,14H2,1H3. The largest absolute Gasteiger partial charge is 0.382 e. The number of rotatable bonds is 7. The van der Waals surface area contributed by atoms with Gasteiger partial charge in [0.2, 0.25) is 0 Å². The van der Waals surface area contributed by atoms with Gasteiger partial charge in [-0.25, -0.2) is 8.78 Å². The Morgan fingerprint density at radius 1 is 1.35 bits per heavy atom. The van der Waals surface area contributed by atoms with E-state index < -0.39 is 17.7 Å². The molecule has 1 aromatic carbocycles. The second kappa shape index (κ2) is 7.29. The Morgan fingerprint density at radius 2 is 2.12 bits per heavy atom. The molecule has 0 amide bonds. The topological polar surface area (TPSA) is 56.5 Å². The lowest BCUT2D eigenvalue weighted by Crippen LogP contribution is -2.32.